The number of Topliss-reactive ketones (excluding diaryl/α,β-unsaturated/α-hetero) is 1. The molecule has 0 aliphatic heterocycles. The van der Waals surface area contributed by atoms with E-state index in [-0.39, 0.29) is 17.6 Å². The van der Waals surface area contributed by atoms with Crippen molar-refractivity contribution in [3.63, 3.8) is 0 Å². The third kappa shape index (κ3) is 2.95. The molecule has 0 spiro atoms. The molecule has 1 N–H and O–H groups in total. The first-order chi connectivity index (χ1) is 14.5. The molecule has 4 atom stereocenters. The van der Waals surface area contributed by atoms with Crippen LogP contribution in [-0.4, -0.2) is 16.5 Å². The minimum Gasteiger partial charge on any atom is -0.389 e. The lowest BCUT2D eigenvalue weighted by atomic mass is 9.75. The van der Waals surface area contributed by atoms with E-state index in [4.69, 9.17) is 0 Å². The summed E-state index contributed by atoms with van der Waals surface area (Å²) in [4.78, 5) is 12.9. The smallest absolute Gasteiger partial charge is 0.136 e. The Kier molecular flexibility index (Phi) is 4.48. The molecule has 1 saturated carbocycles. The van der Waals surface area contributed by atoms with E-state index >= 15 is 0 Å². The number of carbonyl (C=O) groups excluding carboxylic acids is 1. The Balaban J connectivity index is 1.78. The SMILES string of the molecule is CC(=O)[C@@H]1[C@@H](c2cccc3ccccc23)[C@H](c2cccc3ccccc23)C[C@]1(C)O. The normalized spacial score (nSPS) is 26.3. The van der Waals surface area contributed by atoms with Crippen LogP contribution in [0.5, 0.6) is 0 Å². The van der Waals surface area contributed by atoms with Crippen LogP contribution in [0.15, 0.2) is 84.9 Å². The molecular formula is C28H26O2. The summed E-state index contributed by atoms with van der Waals surface area (Å²) in [6, 6.07) is 29.4. The molecule has 0 unspecified atom stereocenters. The summed E-state index contributed by atoms with van der Waals surface area (Å²) in [5.74, 6) is -0.395. The Morgan fingerprint density at radius 3 is 1.90 bits per heavy atom. The van der Waals surface area contributed by atoms with Crippen LogP contribution in [-0.2, 0) is 4.79 Å². The van der Waals surface area contributed by atoms with Gasteiger partial charge in [-0.15, -0.1) is 0 Å². The van der Waals surface area contributed by atoms with Gasteiger partial charge < -0.3 is 5.11 Å². The maximum atomic E-state index is 12.9. The molecule has 1 aliphatic carbocycles. The molecule has 0 aromatic heterocycles. The molecule has 4 aromatic carbocycles. The molecule has 1 fully saturated rings. The average Bonchev–Trinajstić information content (AvgIpc) is 3.04. The lowest BCUT2D eigenvalue weighted by molar-refractivity contribution is -0.127. The topological polar surface area (TPSA) is 37.3 Å². The Bertz CT molecular complexity index is 1240. The molecule has 30 heavy (non-hydrogen) atoms. The predicted molar refractivity (Wildman–Crippen MR) is 123 cm³/mol. The van der Waals surface area contributed by atoms with Gasteiger partial charge in [-0.3, -0.25) is 4.79 Å². The second-order valence-corrected chi connectivity index (χ2v) is 8.92. The number of carbonyl (C=O) groups is 1. The van der Waals surface area contributed by atoms with Crippen molar-refractivity contribution in [1.82, 2.24) is 0 Å². The summed E-state index contributed by atoms with van der Waals surface area (Å²) >= 11 is 0. The fourth-order valence-corrected chi connectivity index (χ4v) is 5.82. The zero-order valence-corrected chi connectivity index (χ0v) is 17.4. The number of hydrogen-bond acceptors (Lipinski definition) is 2. The molecule has 2 nitrogen and oxygen atoms in total. The van der Waals surface area contributed by atoms with Gasteiger partial charge in [0.05, 0.1) is 11.5 Å². The lowest BCUT2D eigenvalue weighted by Gasteiger charge is -2.29. The first kappa shape index (κ1) is 19.0. The highest BCUT2D eigenvalue weighted by Gasteiger charge is 2.53. The molecule has 5 rings (SSSR count). The molecule has 2 heteroatoms. The molecule has 4 aromatic rings. The second kappa shape index (κ2) is 7.07. The van der Waals surface area contributed by atoms with Crippen molar-refractivity contribution in [3.05, 3.63) is 96.1 Å². The zero-order valence-electron chi connectivity index (χ0n) is 17.4. The highest BCUT2D eigenvalue weighted by Crippen LogP contribution is 2.56. The van der Waals surface area contributed by atoms with Gasteiger partial charge in [-0.2, -0.15) is 0 Å². The summed E-state index contributed by atoms with van der Waals surface area (Å²) < 4.78 is 0. The summed E-state index contributed by atoms with van der Waals surface area (Å²) in [5, 5.41) is 16.1. The van der Waals surface area contributed by atoms with Gasteiger partial charge in [0.25, 0.3) is 0 Å². The first-order valence-electron chi connectivity index (χ1n) is 10.7. The highest BCUT2D eigenvalue weighted by atomic mass is 16.3. The van der Waals surface area contributed by atoms with Crippen molar-refractivity contribution in [2.24, 2.45) is 5.92 Å². The van der Waals surface area contributed by atoms with Crippen molar-refractivity contribution >= 4 is 27.3 Å². The summed E-state index contributed by atoms with van der Waals surface area (Å²) in [5.41, 5.74) is 1.33. The number of fused-ring (bicyclic) bond motifs is 2. The minimum absolute atomic E-state index is 0.0562. The quantitative estimate of drug-likeness (QED) is 0.448. The third-order valence-corrected chi connectivity index (χ3v) is 6.94. The summed E-state index contributed by atoms with van der Waals surface area (Å²) in [6.45, 7) is 3.46. The largest absolute Gasteiger partial charge is 0.389 e. The van der Waals surface area contributed by atoms with E-state index < -0.39 is 11.5 Å². The lowest BCUT2D eigenvalue weighted by Crippen LogP contribution is -2.36. The van der Waals surface area contributed by atoms with E-state index in [1.54, 1.807) is 6.92 Å². The van der Waals surface area contributed by atoms with Crippen LogP contribution >= 0.6 is 0 Å². The van der Waals surface area contributed by atoms with Gasteiger partial charge in [-0.25, -0.2) is 0 Å². The van der Waals surface area contributed by atoms with Gasteiger partial charge in [0.1, 0.15) is 5.78 Å². The van der Waals surface area contributed by atoms with Crippen LogP contribution in [0, 0.1) is 5.92 Å². The first-order valence-corrected chi connectivity index (χ1v) is 10.7. The van der Waals surface area contributed by atoms with Crippen LogP contribution in [0.3, 0.4) is 0 Å². The maximum Gasteiger partial charge on any atom is 0.136 e. The maximum absolute atomic E-state index is 12.9. The number of ketones is 1. The van der Waals surface area contributed by atoms with Crippen molar-refractivity contribution in [2.45, 2.75) is 37.7 Å². The summed E-state index contributed by atoms with van der Waals surface area (Å²) in [6.07, 6.45) is 0.569. The fraction of sp³-hybridized carbons (Fsp3) is 0.250. The molecule has 1 aliphatic rings. The second-order valence-electron chi connectivity index (χ2n) is 8.92. The predicted octanol–water partition coefficient (Wildman–Crippen LogP) is 6.22. The van der Waals surface area contributed by atoms with Crippen LogP contribution in [0.1, 0.15) is 43.2 Å². The Labute approximate surface area is 177 Å². The van der Waals surface area contributed by atoms with E-state index in [0.29, 0.717) is 6.42 Å². The van der Waals surface area contributed by atoms with Gasteiger partial charge in [0, 0.05) is 5.92 Å². The van der Waals surface area contributed by atoms with Crippen molar-refractivity contribution in [2.75, 3.05) is 0 Å². The number of rotatable bonds is 3. The highest BCUT2D eigenvalue weighted by molar-refractivity contribution is 5.90. The van der Waals surface area contributed by atoms with E-state index in [0.717, 1.165) is 5.56 Å². The summed E-state index contributed by atoms with van der Waals surface area (Å²) in [7, 11) is 0. The molecular weight excluding hydrogens is 368 g/mol. The van der Waals surface area contributed by atoms with Crippen molar-refractivity contribution in [3.8, 4) is 0 Å². The minimum atomic E-state index is -1.05. The number of benzene rings is 4. The Morgan fingerprint density at radius 2 is 1.30 bits per heavy atom. The number of hydrogen-bond donors (Lipinski definition) is 1. The van der Waals surface area contributed by atoms with Gasteiger partial charge in [0.2, 0.25) is 0 Å². The van der Waals surface area contributed by atoms with Gasteiger partial charge in [-0.1, -0.05) is 84.9 Å². The van der Waals surface area contributed by atoms with Crippen LogP contribution < -0.4 is 0 Å². The van der Waals surface area contributed by atoms with E-state index in [1.165, 1.54) is 27.1 Å². The molecule has 0 saturated heterocycles. The Hall–Kier alpha value is -2.97. The monoisotopic (exact) mass is 394 g/mol. The standard InChI is InChI=1S/C28H26O2/c1-18(29)27-26(24-16-8-12-20-10-4-6-14-22(20)24)25(17-28(27,2)30)23-15-7-11-19-9-3-5-13-21(19)23/h3-16,25-27,30H,17H2,1-2H3/t25-,26-,27+,28-/m0/s1. The third-order valence-electron chi connectivity index (χ3n) is 6.94. The van der Waals surface area contributed by atoms with Crippen molar-refractivity contribution < 1.29 is 9.90 Å². The molecule has 0 heterocycles. The average molecular weight is 395 g/mol. The molecule has 0 radical (unpaired) electrons. The van der Waals surface area contributed by atoms with Crippen LogP contribution in [0.25, 0.3) is 21.5 Å². The van der Waals surface area contributed by atoms with Gasteiger partial charge >= 0.3 is 0 Å². The van der Waals surface area contributed by atoms with Crippen LogP contribution in [0.2, 0.25) is 0 Å². The Morgan fingerprint density at radius 1 is 0.800 bits per heavy atom. The van der Waals surface area contributed by atoms with Gasteiger partial charge in [-0.05, 0) is 58.9 Å². The fourth-order valence-electron chi connectivity index (χ4n) is 5.82. The van der Waals surface area contributed by atoms with Crippen LogP contribution in [0.4, 0.5) is 0 Å². The van der Waals surface area contributed by atoms with Crippen molar-refractivity contribution in [1.29, 1.82) is 0 Å². The molecule has 0 bridgehead atoms. The molecule has 150 valence electrons. The van der Waals surface area contributed by atoms with E-state index in [9.17, 15) is 9.90 Å². The van der Waals surface area contributed by atoms with E-state index in [1.807, 2.05) is 13.0 Å². The van der Waals surface area contributed by atoms with E-state index in [2.05, 4.69) is 78.9 Å². The number of aliphatic hydroxyl groups is 1. The molecule has 0 amide bonds. The van der Waals surface area contributed by atoms with Gasteiger partial charge in [0.15, 0.2) is 0 Å². The zero-order chi connectivity index (χ0) is 20.9.